The molecular weight excluding hydrogens is 597 g/mol. The fraction of sp³-hybridized carbons (Fsp3) is 0.294. The molecule has 10 heteroatoms. The molecule has 6 rings (SSSR count). The SMILES string of the molecule is CNC[C@@H]1CCc2ccc(S(=O)(=O)c3ccccc3)cc2O1.CNC[C@@H]1CCc2ccc(S(=O)(=O)c3ccccc3)cc2O1. The molecule has 0 saturated carbocycles. The van der Waals surface area contributed by atoms with E-state index in [1.807, 2.05) is 26.2 Å². The summed E-state index contributed by atoms with van der Waals surface area (Å²) in [5.74, 6) is 1.37. The molecule has 0 fully saturated rings. The zero-order valence-corrected chi connectivity index (χ0v) is 26.5. The minimum atomic E-state index is -3.50. The van der Waals surface area contributed by atoms with E-state index in [0.29, 0.717) is 21.3 Å². The van der Waals surface area contributed by atoms with Crippen LogP contribution < -0.4 is 20.1 Å². The minimum Gasteiger partial charge on any atom is -0.489 e. The monoisotopic (exact) mass is 634 g/mol. The van der Waals surface area contributed by atoms with Gasteiger partial charge in [0.05, 0.1) is 19.6 Å². The lowest BCUT2D eigenvalue weighted by Gasteiger charge is -2.26. The maximum absolute atomic E-state index is 12.7. The first-order valence-electron chi connectivity index (χ1n) is 14.7. The van der Waals surface area contributed by atoms with Crippen LogP contribution in [0.2, 0.25) is 0 Å². The third-order valence-corrected chi connectivity index (χ3v) is 11.3. The maximum Gasteiger partial charge on any atom is 0.206 e. The van der Waals surface area contributed by atoms with Gasteiger partial charge >= 0.3 is 0 Å². The lowest BCUT2D eigenvalue weighted by atomic mass is 10.0. The summed E-state index contributed by atoms with van der Waals surface area (Å²) in [6.07, 6.45) is 3.89. The highest BCUT2D eigenvalue weighted by Crippen LogP contribution is 2.33. The third-order valence-electron chi connectivity index (χ3n) is 7.73. The van der Waals surface area contributed by atoms with Crippen molar-refractivity contribution in [2.75, 3.05) is 27.2 Å². The Hall–Kier alpha value is -3.70. The average molecular weight is 635 g/mol. The number of ether oxygens (including phenoxy) is 2. The van der Waals surface area contributed by atoms with Crippen molar-refractivity contribution in [3.8, 4) is 11.5 Å². The van der Waals surface area contributed by atoms with Gasteiger partial charge in [0.1, 0.15) is 23.7 Å². The molecule has 232 valence electrons. The van der Waals surface area contributed by atoms with Gasteiger partial charge in [-0.1, -0.05) is 48.5 Å². The van der Waals surface area contributed by atoms with Gasteiger partial charge in [0.25, 0.3) is 0 Å². The molecule has 2 atom stereocenters. The largest absolute Gasteiger partial charge is 0.489 e. The third kappa shape index (κ3) is 7.15. The van der Waals surface area contributed by atoms with Crippen LogP contribution in [0.5, 0.6) is 11.5 Å². The lowest BCUT2D eigenvalue weighted by Crippen LogP contribution is -2.32. The molecule has 0 bridgehead atoms. The maximum atomic E-state index is 12.7. The lowest BCUT2D eigenvalue weighted by molar-refractivity contribution is 0.172. The van der Waals surface area contributed by atoms with Gasteiger partial charge < -0.3 is 20.1 Å². The van der Waals surface area contributed by atoms with Gasteiger partial charge in [-0.3, -0.25) is 0 Å². The number of sulfone groups is 2. The van der Waals surface area contributed by atoms with Gasteiger partial charge in [0, 0.05) is 13.1 Å². The zero-order valence-electron chi connectivity index (χ0n) is 24.9. The molecule has 2 aliphatic rings. The number of hydrogen-bond acceptors (Lipinski definition) is 8. The van der Waals surface area contributed by atoms with Gasteiger partial charge in [-0.05, 0) is 99.4 Å². The van der Waals surface area contributed by atoms with Crippen molar-refractivity contribution in [1.82, 2.24) is 10.6 Å². The summed E-state index contributed by atoms with van der Waals surface area (Å²) in [4.78, 5) is 1.17. The van der Waals surface area contributed by atoms with E-state index < -0.39 is 19.7 Å². The number of rotatable bonds is 8. The Balaban J connectivity index is 0.000000175. The second kappa shape index (κ2) is 13.9. The number of benzene rings is 4. The standard InChI is InChI=1S/2C17H19NO3S/c2*1-18-12-14-9-7-13-8-10-16(11-17(13)21-14)22(19,20)15-5-3-2-4-6-15/h2*2-6,8,10-11,14,18H,7,9,12H2,1H3/t2*14-/m00/s1. The highest BCUT2D eigenvalue weighted by molar-refractivity contribution is 7.91. The van der Waals surface area contributed by atoms with E-state index >= 15 is 0 Å². The van der Waals surface area contributed by atoms with Gasteiger partial charge in [-0.2, -0.15) is 0 Å². The average Bonchev–Trinajstić information content (AvgIpc) is 3.05. The number of aryl methyl sites for hydroxylation is 2. The molecule has 0 amide bonds. The summed E-state index contributed by atoms with van der Waals surface area (Å²) in [5, 5.41) is 6.19. The van der Waals surface area contributed by atoms with Crippen molar-refractivity contribution >= 4 is 19.7 Å². The molecule has 0 aromatic heterocycles. The summed E-state index contributed by atoms with van der Waals surface area (Å²) in [6.45, 7) is 1.52. The molecule has 0 spiro atoms. The highest BCUT2D eigenvalue weighted by Gasteiger charge is 2.25. The van der Waals surface area contributed by atoms with Crippen molar-refractivity contribution in [3.05, 3.63) is 108 Å². The van der Waals surface area contributed by atoms with Gasteiger partial charge in [-0.25, -0.2) is 16.8 Å². The Morgan fingerprint density at radius 2 is 0.955 bits per heavy atom. The summed E-state index contributed by atoms with van der Waals surface area (Å²) in [7, 11) is -3.23. The van der Waals surface area contributed by atoms with E-state index in [1.54, 1.807) is 84.9 Å². The zero-order chi connectivity index (χ0) is 31.2. The topological polar surface area (TPSA) is 111 Å². The predicted octanol–water partition coefficient (Wildman–Crippen LogP) is 4.86. The normalized spacial score (nSPS) is 17.6. The van der Waals surface area contributed by atoms with Crippen LogP contribution in [0.3, 0.4) is 0 Å². The van der Waals surface area contributed by atoms with E-state index in [-0.39, 0.29) is 22.0 Å². The van der Waals surface area contributed by atoms with Crippen LogP contribution >= 0.6 is 0 Å². The van der Waals surface area contributed by atoms with Crippen LogP contribution in [0.4, 0.5) is 0 Å². The van der Waals surface area contributed by atoms with Crippen molar-refractivity contribution in [1.29, 1.82) is 0 Å². The Morgan fingerprint density at radius 3 is 1.32 bits per heavy atom. The molecule has 4 aromatic carbocycles. The first kappa shape index (κ1) is 31.7. The van der Waals surface area contributed by atoms with Gasteiger partial charge in [0.2, 0.25) is 19.7 Å². The molecule has 0 radical (unpaired) electrons. The molecule has 0 saturated heterocycles. The van der Waals surface area contributed by atoms with E-state index in [4.69, 9.17) is 9.47 Å². The van der Waals surface area contributed by atoms with Crippen LogP contribution in [-0.2, 0) is 32.5 Å². The van der Waals surface area contributed by atoms with E-state index in [0.717, 1.165) is 49.9 Å². The van der Waals surface area contributed by atoms with Crippen molar-refractivity contribution < 1.29 is 26.3 Å². The predicted molar refractivity (Wildman–Crippen MR) is 170 cm³/mol. The number of nitrogens with one attached hydrogen (secondary N) is 2. The van der Waals surface area contributed by atoms with Crippen LogP contribution in [-0.4, -0.2) is 56.2 Å². The van der Waals surface area contributed by atoms with Crippen LogP contribution in [0, 0.1) is 0 Å². The summed E-state index contributed by atoms with van der Waals surface area (Å²) in [6, 6.07) is 27.3. The fourth-order valence-corrected chi connectivity index (χ4v) is 7.95. The molecule has 2 heterocycles. The van der Waals surface area contributed by atoms with Crippen LogP contribution in [0.25, 0.3) is 0 Å². The molecule has 2 aliphatic heterocycles. The van der Waals surface area contributed by atoms with Crippen molar-refractivity contribution in [2.24, 2.45) is 0 Å². The number of hydrogen-bond donors (Lipinski definition) is 2. The molecule has 0 unspecified atom stereocenters. The second-order valence-corrected chi connectivity index (χ2v) is 14.7. The number of likely N-dealkylation sites (N-methyl/N-ethyl adjacent to an activating group) is 2. The first-order chi connectivity index (χ1) is 21.2. The molecule has 2 N–H and O–H groups in total. The Morgan fingerprint density at radius 1 is 0.568 bits per heavy atom. The van der Waals surface area contributed by atoms with E-state index in [1.165, 1.54) is 0 Å². The summed E-state index contributed by atoms with van der Waals surface area (Å²) >= 11 is 0. The first-order valence-corrected chi connectivity index (χ1v) is 17.7. The smallest absolute Gasteiger partial charge is 0.206 e. The quantitative estimate of drug-likeness (QED) is 0.283. The van der Waals surface area contributed by atoms with Crippen molar-refractivity contribution in [2.45, 2.75) is 57.5 Å². The molecule has 4 aromatic rings. The van der Waals surface area contributed by atoms with Crippen molar-refractivity contribution in [3.63, 3.8) is 0 Å². The molecule has 0 aliphatic carbocycles. The van der Waals surface area contributed by atoms with E-state index in [9.17, 15) is 16.8 Å². The molecular formula is C34H38N2O6S2. The van der Waals surface area contributed by atoms with E-state index in [2.05, 4.69) is 10.6 Å². The Kier molecular flexibility index (Phi) is 10.1. The summed E-state index contributed by atoms with van der Waals surface area (Å²) < 4.78 is 62.5. The molecule has 44 heavy (non-hydrogen) atoms. The van der Waals surface area contributed by atoms with Crippen LogP contribution in [0.15, 0.2) is 117 Å². The molecule has 8 nitrogen and oxygen atoms in total. The summed E-state index contributed by atoms with van der Waals surface area (Å²) in [5.41, 5.74) is 2.14. The Labute approximate surface area is 260 Å². The van der Waals surface area contributed by atoms with Crippen LogP contribution in [0.1, 0.15) is 24.0 Å². The second-order valence-electron chi connectivity index (χ2n) is 10.8. The number of fused-ring (bicyclic) bond motifs is 2. The van der Waals surface area contributed by atoms with Gasteiger partial charge in [-0.15, -0.1) is 0 Å². The van der Waals surface area contributed by atoms with Gasteiger partial charge in [0.15, 0.2) is 0 Å². The highest BCUT2D eigenvalue weighted by atomic mass is 32.2. The minimum absolute atomic E-state index is 0.0900. The fourth-order valence-electron chi connectivity index (χ4n) is 5.36. The Bertz CT molecular complexity index is 1650.